The van der Waals surface area contributed by atoms with Gasteiger partial charge in [0.25, 0.3) is 0 Å². The van der Waals surface area contributed by atoms with Crippen LogP contribution < -0.4 is 4.90 Å². The summed E-state index contributed by atoms with van der Waals surface area (Å²) >= 11 is 0. The summed E-state index contributed by atoms with van der Waals surface area (Å²) in [6.45, 7) is 4.71. The molecule has 59 heavy (non-hydrogen) atoms. The van der Waals surface area contributed by atoms with Crippen molar-refractivity contribution in [3.63, 3.8) is 0 Å². The van der Waals surface area contributed by atoms with Crippen molar-refractivity contribution in [2.24, 2.45) is 0 Å². The van der Waals surface area contributed by atoms with Gasteiger partial charge in [-0.15, -0.1) is 0 Å². The van der Waals surface area contributed by atoms with Crippen LogP contribution in [0.2, 0.25) is 0 Å². The van der Waals surface area contributed by atoms with E-state index in [4.69, 9.17) is 4.42 Å². The molecule has 2 nitrogen and oxygen atoms in total. The van der Waals surface area contributed by atoms with Gasteiger partial charge in [-0.2, -0.15) is 0 Å². The Bertz CT molecular complexity index is 3160. The van der Waals surface area contributed by atoms with Crippen LogP contribution in [0.25, 0.3) is 77.6 Å². The summed E-state index contributed by atoms with van der Waals surface area (Å²) in [5.74, 6) is 0. The molecule has 10 aromatic rings. The van der Waals surface area contributed by atoms with Crippen LogP contribution in [0.5, 0.6) is 0 Å². The summed E-state index contributed by atoms with van der Waals surface area (Å²) in [6.07, 6.45) is 0. The lowest BCUT2D eigenvalue weighted by Crippen LogP contribution is -2.15. The average Bonchev–Trinajstić information content (AvgIpc) is 3.78. The van der Waals surface area contributed by atoms with Crippen molar-refractivity contribution in [3.05, 3.63) is 223 Å². The fourth-order valence-electron chi connectivity index (χ4n) is 9.16. The van der Waals surface area contributed by atoms with Gasteiger partial charge < -0.3 is 9.32 Å². The van der Waals surface area contributed by atoms with Gasteiger partial charge in [0, 0.05) is 33.2 Å². The Morgan fingerprint density at radius 2 is 0.831 bits per heavy atom. The van der Waals surface area contributed by atoms with Gasteiger partial charge in [0.05, 0.1) is 0 Å². The normalized spacial score (nSPS) is 12.7. The summed E-state index contributed by atoms with van der Waals surface area (Å²) in [5, 5.41) is 2.28. The Balaban J connectivity index is 0.973. The van der Waals surface area contributed by atoms with E-state index < -0.39 is 0 Å². The van der Waals surface area contributed by atoms with Crippen LogP contribution in [0.15, 0.2) is 217 Å². The predicted molar refractivity (Wildman–Crippen MR) is 248 cm³/mol. The molecule has 0 saturated carbocycles. The van der Waals surface area contributed by atoms with Gasteiger partial charge in [-0.3, -0.25) is 0 Å². The first-order valence-electron chi connectivity index (χ1n) is 20.4. The Hall–Kier alpha value is -7.42. The van der Waals surface area contributed by atoms with E-state index >= 15 is 0 Å². The maximum atomic E-state index is 6.25. The molecule has 11 rings (SSSR count). The zero-order chi connectivity index (χ0) is 39.5. The Morgan fingerprint density at radius 1 is 0.322 bits per heavy atom. The fraction of sp³-hybridized carbons (Fsp3) is 0.0526. The average molecular weight is 756 g/mol. The van der Waals surface area contributed by atoms with E-state index in [0.717, 1.165) is 50.1 Å². The largest absolute Gasteiger partial charge is 0.456 e. The summed E-state index contributed by atoms with van der Waals surface area (Å²) in [4.78, 5) is 2.36. The van der Waals surface area contributed by atoms with Gasteiger partial charge in [-0.05, 0) is 133 Å². The number of rotatable bonds is 7. The smallest absolute Gasteiger partial charge is 0.136 e. The molecule has 0 fully saturated rings. The number of nitrogens with zero attached hydrogens (tertiary/aromatic N) is 1. The molecule has 1 aromatic heterocycles. The number of benzene rings is 9. The lowest BCUT2D eigenvalue weighted by Gasteiger charge is -2.26. The third-order valence-corrected chi connectivity index (χ3v) is 12.3. The number of para-hydroxylation sites is 1. The molecule has 1 heterocycles. The number of anilines is 3. The van der Waals surface area contributed by atoms with Crippen LogP contribution in [0.3, 0.4) is 0 Å². The molecule has 0 N–H and O–H groups in total. The first-order valence-corrected chi connectivity index (χ1v) is 20.4. The summed E-state index contributed by atoms with van der Waals surface area (Å²) in [5.41, 5.74) is 19.9. The highest BCUT2D eigenvalue weighted by Gasteiger charge is 2.35. The lowest BCUT2D eigenvalue weighted by atomic mass is 9.81. The lowest BCUT2D eigenvalue weighted by molar-refractivity contribution is 0.660. The minimum Gasteiger partial charge on any atom is -0.456 e. The van der Waals surface area contributed by atoms with Crippen molar-refractivity contribution in [1.29, 1.82) is 0 Å². The summed E-state index contributed by atoms with van der Waals surface area (Å²) in [6, 6.07) is 76.9. The fourth-order valence-corrected chi connectivity index (χ4v) is 9.16. The third kappa shape index (κ3) is 6.04. The zero-order valence-electron chi connectivity index (χ0n) is 33.1. The van der Waals surface area contributed by atoms with Crippen LogP contribution in [-0.4, -0.2) is 0 Å². The second-order valence-corrected chi connectivity index (χ2v) is 16.2. The molecule has 0 saturated heterocycles. The van der Waals surface area contributed by atoms with Crippen LogP contribution in [0, 0.1) is 0 Å². The highest BCUT2D eigenvalue weighted by molar-refractivity contribution is 6.06. The van der Waals surface area contributed by atoms with Gasteiger partial charge in [-0.1, -0.05) is 159 Å². The number of hydrogen-bond acceptors (Lipinski definition) is 2. The van der Waals surface area contributed by atoms with Crippen LogP contribution in [0.1, 0.15) is 25.0 Å². The van der Waals surface area contributed by atoms with Crippen LogP contribution in [-0.2, 0) is 5.41 Å². The standard InChI is InChI=1S/C57H41NO/c1-57(2)53-33-26-43(35-52(53)49-31-24-44(36-54(49)57)39-14-7-4-8-15-39)42-16-11-17-48(34-42)58(46-27-20-40(21-28-46)38-12-5-3-6-13-38)47-29-22-41(23-30-47)45-25-32-51-50-18-9-10-19-55(50)59-56(51)37-45/h3-37H,1-2H3. The SMILES string of the molecule is CC1(C)c2ccc(-c3cccc(N(c4ccc(-c5ccccc5)cc4)c4ccc(-c5ccc6c(c5)oc5ccccc56)cc4)c3)cc2-c2ccc(-c3ccccc3)cc21. The minimum absolute atomic E-state index is 0.0947. The maximum Gasteiger partial charge on any atom is 0.136 e. The number of fused-ring (bicyclic) bond motifs is 6. The highest BCUT2D eigenvalue weighted by atomic mass is 16.3. The van der Waals surface area contributed by atoms with E-state index in [1.165, 1.54) is 55.6 Å². The first kappa shape index (κ1) is 34.8. The molecular weight excluding hydrogens is 715 g/mol. The first-order chi connectivity index (χ1) is 29.0. The zero-order valence-corrected chi connectivity index (χ0v) is 33.1. The molecule has 280 valence electrons. The Labute approximate surface area is 345 Å². The van der Waals surface area contributed by atoms with E-state index in [1.807, 2.05) is 12.1 Å². The molecule has 0 spiro atoms. The molecule has 0 amide bonds. The molecule has 9 aromatic carbocycles. The van der Waals surface area contributed by atoms with Gasteiger partial charge >= 0.3 is 0 Å². The molecular formula is C57H41NO. The molecule has 1 aliphatic carbocycles. The molecule has 0 aliphatic heterocycles. The maximum absolute atomic E-state index is 6.25. The van der Waals surface area contributed by atoms with Crippen molar-refractivity contribution >= 4 is 39.0 Å². The Morgan fingerprint density at radius 3 is 1.56 bits per heavy atom. The van der Waals surface area contributed by atoms with Crippen molar-refractivity contribution in [1.82, 2.24) is 0 Å². The summed E-state index contributed by atoms with van der Waals surface area (Å²) in [7, 11) is 0. The van der Waals surface area contributed by atoms with E-state index in [9.17, 15) is 0 Å². The number of hydrogen-bond donors (Lipinski definition) is 0. The van der Waals surface area contributed by atoms with Crippen molar-refractivity contribution < 1.29 is 4.42 Å². The molecule has 0 unspecified atom stereocenters. The van der Waals surface area contributed by atoms with Crippen LogP contribution in [0.4, 0.5) is 17.1 Å². The van der Waals surface area contributed by atoms with E-state index in [2.05, 4.69) is 219 Å². The van der Waals surface area contributed by atoms with Gasteiger partial charge in [0.1, 0.15) is 11.2 Å². The minimum atomic E-state index is -0.0947. The summed E-state index contributed by atoms with van der Waals surface area (Å²) < 4.78 is 6.25. The van der Waals surface area contributed by atoms with Crippen molar-refractivity contribution in [2.75, 3.05) is 4.90 Å². The second-order valence-electron chi connectivity index (χ2n) is 16.2. The highest BCUT2D eigenvalue weighted by Crippen LogP contribution is 2.51. The van der Waals surface area contributed by atoms with Crippen molar-refractivity contribution in [2.45, 2.75) is 19.3 Å². The Kier molecular flexibility index (Phi) is 8.20. The molecule has 0 atom stereocenters. The van der Waals surface area contributed by atoms with E-state index in [0.29, 0.717) is 0 Å². The quantitative estimate of drug-likeness (QED) is 0.161. The molecule has 0 radical (unpaired) electrons. The predicted octanol–water partition coefficient (Wildman–Crippen LogP) is 16.0. The molecule has 1 aliphatic rings. The van der Waals surface area contributed by atoms with E-state index in [1.54, 1.807) is 0 Å². The van der Waals surface area contributed by atoms with Gasteiger partial charge in [0.15, 0.2) is 0 Å². The van der Waals surface area contributed by atoms with Gasteiger partial charge in [-0.25, -0.2) is 0 Å². The van der Waals surface area contributed by atoms with Gasteiger partial charge in [0.2, 0.25) is 0 Å². The number of furan rings is 1. The molecule has 0 bridgehead atoms. The second kappa shape index (κ2) is 13.9. The van der Waals surface area contributed by atoms with E-state index in [-0.39, 0.29) is 5.41 Å². The topological polar surface area (TPSA) is 16.4 Å². The monoisotopic (exact) mass is 755 g/mol. The third-order valence-electron chi connectivity index (χ3n) is 12.3. The van der Waals surface area contributed by atoms with Crippen molar-refractivity contribution in [3.8, 4) is 55.6 Å². The molecule has 2 heteroatoms. The van der Waals surface area contributed by atoms with Crippen LogP contribution >= 0.6 is 0 Å².